The summed E-state index contributed by atoms with van der Waals surface area (Å²) in [5.74, 6) is 0.707. The van der Waals surface area contributed by atoms with Crippen molar-refractivity contribution >= 4 is 23.0 Å². The molecule has 0 saturated heterocycles. The number of rotatable bonds is 7. The van der Waals surface area contributed by atoms with Crippen LogP contribution in [0.5, 0.6) is 0 Å². The quantitative estimate of drug-likeness (QED) is 0.534. The molecule has 0 radical (unpaired) electrons. The van der Waals surface area contributed by atoms with E-state index in [1.54, 1.807) is 4.90 Å². The highest BCUT2D eigenvalue weighted by Crippen LogP contribution is 2.30. The van der Waals surface area contributed by atoms with E-state index >= 15 is 0 Å². The number of nitrogen functional groups attached to an aromatic ring is 1. The first kappa shape index (κ1) is 16.6. The molecule has 2 rings (SSSR count). The van der Waals surface area contributed by atoms with Gasteiger partial charge in [-0.2, -0.15) is 0 Å². The summed E-state index contributed by atoms with van der Waals surface area (Å²) in [4.78, 5) is 14.0. The molecular weight excluding hydrogens is 278 g/mol. The van der Waals surface area contributed by atoms with Crippen LogP contribution < -0.4 is 16.0 Å². The predicted octanol–water partition coefficient (Wildman–Crippen LogP) is 2.61. The molecular formula is C17H27N3O2. The molecule has 1 aromatic rings. The Kier molecular flexibility index (Phi) is 6.07. The molecule has 1 fully saturated rings. The van der Waals surface area contributed by atoms with Crippen molar-refractivity contribution in [1.29, 1.82) is 0 Å². The summed E-state index contributed by atoms with van der Waals surface area (Å²) in [6.45, 7) is 0.833. The average Bonchev–Trinajstić information content (AvgIpc) is 3.01. The third-order valence-corrected chi connectivity index (χ3v) is 4.38. The molecule has 22 heavy (non-hydrogen) atoms. The Labute approximate surface area is 132 Å². The second-order valence-corrected chi connectivity index (χ2v) is 6.08. The van der Waals surface area contributed by atoms with Gasteiger partial charge in [0.25, 0.3) is 0 Å². The van der Waals surface area contributed by atoms with Crippen molar-refractivity contribution in [2.75, 3.05) is 36.1 Å². The van der Waals surface area contributed by atoms with Gasteiger partial charge in [0.05, 0.1) is 11.4 Å². The van der Waals surface area contributed by atoms with Crippen LogP contribution >= 0.6 is 0 Å². The summed E-state index contributed by atoms with van der Waals surface area (Å²) in [6, 6.07) is 5.62. The largest absolute Gasteiger partial charge is 0.397 e. The Balaban J connectivity index is 1.95. The van der Waals surface area contributed by atoms with Crippen LogP contribution in [0.15, 0.2) is 18.2 Å². The molecule has 0 aromatic heterocycles. The molecule has 0 bridgehead atoms. The highest BCUT2D eigenvalue weighted by molar-refractivity contribution is 5.94. The van der Waals surface area contributed by atoms with Crippen molar-refractivity contribution in [2.24, 2.45) is 5.92 Å². The Morgan fingerprint density at radius 1 is 1.41 bits per heavy atom. The second-order valence-electron chi connectivity index (χ2n) is 6.08. The fraction of sp³-hybridized carbons (Fsp3) is 0.588. The third kappa shape index (κ3) is 4.37. The molecule has 4 N–H and O–H groups in total. The molecule has 0 spiro atoms. The van der Waals surface area contributed by atoms with Gasteiger partial charge in [-0.1, -0.05) is 12.8 Å². The Bertz CT molecular complexity index is 499. The number of nitrogens with zero attached hydrogens (tertiary/aromatic N) is 1. The molecule has 122 valence electrons. The first-order valence-electron chi connectivity index (χ1n) is 8.12. The number of carbonyl (C=O) groups excluding carboxylic acids is 1. The topological polar surface area (TPSA) is 78.6 Å². The number of anilines is 3. The maximum Gasteiger partial charge on any atom is 0.226 e. The summed E-state index contributed by atoms with van der Waals surface area (Å²) >= 11 is 0. The zero-order valence-electron chi connectivity index (χ0n) is 13.3. The van der Waals surface area contributed by atoms with Crippen molar-refractivity contribution in [3.8, 4) is 0 Å². The van der Waals surface area contributed by atoms with E-state index < -0.39 is 0 Å². The van der Waals surface area contributed by atoms with Crippen molar-refractivity contribution in [1.82, 2.24) is 0 Å². The van der Waals surface area contributed by atoms with E-state index in [0.29, 0.717) is 31.0 Å². The monoisotopic (exact) mass is 305 g/mol. The van der Waals surface area contributed by atoms with Crippen LogP contribution in [0.2, 0.25) is 0 Å². The number of nitrogens with two attached hydrogens (primary N) is 1. The number of benzene rings is 1. The lowest BCUT2D eigenvalue weighted by atomic mass is 10.0. The van der Waals surface area contributed by atoms with E-state index in [1.165, 1.54) is 25.7 Å². The molecule has 0 unspecified atom stereocenters. The van der Waals surface area contributed by atoms with E-state index in [1.807, 2.05) is 25.2 Å². The van der Waals surface area contributed by atoms with E-state index in [4.69, 9.17) is 10.8 Å². The van der Waals surface area contributed by atoms with Gasteiger partial charge in [-0.15, -0.1) is 0 Å². The lowest BCUT2D eigenvalue weighted by Crippen LogP contribution is -2.27. The van der Waals surface area contributed by atoms with Crippen LogP contribution in [0, 0.1) is 5.92 Å². The minimum absolute atomic E-state index is 0.156. The molecule has 0 atom stereocenters. The van der Waals surface area contributed by atoms with Crippen LogP contribution in [0.4, 0.5) is 17.1 Å². The van der Waals surface area contributed by atoms with Crippen molar-refractivity contribution in [2.45, 2.75) is 38.5 Å². The van der Waals surface area contributed by atoms with E-state index in [-0.39, 0.29) is 12.5 Å². The fourth-order valence-corrected chi connectivity index (χ4v) is 2.96. The summed E-state index contributed by atoms with van der Waals surface area (Å²) in [6.07, 6.45) is 6.17. The van der Waals surface area contributed by atoms with Gasteiger partial charge in [0, 0.05) is 32.3 Å². The molecule has 0 aliphatic heterocycles. The lowest BCUT2D eigenvalue weighted by molar-refractivity contribution is -0.119. The number of hydrogen-bond acceptors (Lipinski definition) is 4. The highest BCUT2D eigenvalue weighted by atomic mass is 16.3. The van der Waals surface area contributed by atoms with Gasteiger partial charge >= 0.3 is 0 Å². The van der Waals surface area contributed by atoms with Gasteiger partial charge in [-0.25, -0.2) is 0 Å². The molecule has 5 nitrogen and oxygen atoms in total. The number of nitrogens with one attached hydrogen (secondary N) is 1. The smallest absolute Gasteiger partial charge is 0.226 e. The van der Waals surface area contributed by atoms with Crippen molar-refractivity contribution in [3.63, 3.8) is 0 Å². The summed E-state index contributed by atoms with van der Waals surface area (Å²) in [5, 5.41) is 12.0. The highest BCUT2D eigenvalue weighted by Gasteiger charge is 2.21. The summed E-state index contributed by atoms with van der Waals surface area (Å²) in [7, 11) is 1.81. The summed E-state index contributed by atoms with van der Waals surface area (Å²) in [5.41, 5.74) is 8.33. The average molecular weight is 305 g/mol. The van der Waals surface area contributed by atoms with E-state index in [0.717, 1.165) is 11.4 Å². The first-order chi connectivity index (χ1) is 10.6. The number of aliphatic hydroxyl groups is 1. The van der Waals surface area contributed by atoms with Crippen LogP contribution in [0.1, 0.15) is 38.5 Å². The van der Waals surface area contributed by atoms with E-state index in [2.05, 4.69) is 5.32 Å². The Morgan fingerprint density at radius 2 is 2.14 bits per heavy atom. The molecule has 0 heterocycles. The van der Waals surface area contributed by atoms with Gasteiger partial charge in [-0.05, 0) is 43.4 Å². The van der Waals surface area contributed by atoms with Gasteiger partial charge in [0.2, 0.25) is 5.91 Å². The fourth-order valence-electron chi connectivity index (χ4n) is 2.96. The third-order valence-electron chi connectivity index (χ3n) is 4.38. The van der Waals surface area contributed by atoms with Crippen molar-refractivity contribution < 1.29 is 9.90 Å². The maximum absolute atomic E-state index is 12.3. The first-order valence-corrected chi connectivity index (χ1v) is 8.12. The standard InChI is InChI=1S/C17H27N3O2/c1-20(17(22)11-13-5-2-3-6-13)14-7-8-16(15(18)12-14)19-9-4-10-21/h7-8,12-13,19,21H,2-6,9-11,18H2,1H3. The lowest BCUT2D eigenvalue weighted by Gasteiger charge is -2.21. The number of aliphatic hydroxyl groups excluding tert-OH is 1. The van der Waals surface area contributed by atoms with E-state index in [9.17, 15) is 4.79 Å². The minimum Gasteiger partial charge on any atom is -0.397 e. The van der Waals surface area contributed by atoms with Gasteiger partial charge in [0.15, 0.2) is 0 Å². The predicted molar refractivity (Wildman–Crippen MR) is 91.0 cm³/mol. The molecule has 1 aliphatic rings. The van der Waals surface area contributed by atoms with Crippen LogP contribution in [-0.4, -0.2) is 31.2 Å². The SMILES string of the molecule is CN(C(=O)CC1CCCC1)c1ccc(NCCCO)c(N)c1. The van der Waals surface area contributed by atoms with Gasteiger partial charge in [0.1, 0.15) is 0 Å². The van der Waals surface area contributed by atoms with Crippen LogP contribution in [0.25, 0.3) is 0 Å². The zero-order valence-corrected chi connectivity index (χ0v) is 13.3. The van der Waals surface area contributed by atoms with Crippen molar-refractivity contribution in [3.05, 3.63) is 18.2 Å². The zero-order chi connectivity index (χ0) is 15.9. The Morgan fingerprint density at radius 3 is 2.77 bits per heavy atom. The molecule has 1 saturated carbocycles. The molecule has 1 amide bonds. The number of amides is 1. The Hall–Kier alpha value is -1.75. The van der Waals surface area contributed by atoms with Gasteiger partial charge < -0.3 is 21.1 Å². The molecule has 1 aliphatic carbocycles. The molecule has 5 heteroatoms. The number of hydrogen-bond donors (Lipinski definition) is 3. The minimum atomic E-state index is 0.156. The van der Waals surface area contributed by atoms with Gasteiger partial charge in [-0.3, -0.25) is 4.79 Å². The van der Waals surface area contributed by atoms with Crippen LogP contribution in [-0.2, 0) is 4.79 Å². The normalized spacial score (nSPS) is 15.0. The molecule has 1 aromatic carbocycles. The second kappa shape index (κ2) is 8.03. The summed E-state index contributed by atoms with van der Waals surface area (Å²) < 4.78 is 0. The van der Waals surface area contributed by atoms with Crippen LogP contribution in [0.3, 0.4) is 0 Å². The maximum atomic E-state index is 12.3. The number of carbonyl (C=O) groups is 1.